The molecule has 7 heteroatoms. The number of carbonyl (C=O) groups is 1. The molecule has 0 fully saturated rings. The summed E-state index contributed by atoms with van der Waals surface area (Å²) in [4.78, 5) is 11.9. The Bertz CT molecular complexity index is 901. The lowest BCUT2D eigenvalue weighted by Gasteiger charge is -2.28. The first kappa shape index (κ1) is 18.4. The lowest BCUT2D eigenvalue weighted by atomic mass is 9.91. The number of rotatable bonds is 6. The van der Waals surface area contributed by atoms with Crippen LogP contribution in [0.1, 0.15) is 36.8 Å². The molecule has 4 N–H and O–H groups in total. The van der Waals surface area contributed by atoms with E-state index >= 15 is 0 Å². The third-order valence-corrected chi connectivity index (χ3v) is 4.26. The first-order chi connectivity index (χ1) is 13.0. The first-order valence-corrected chi connectivity index (χ1v) is 8.54. The lowest BCUT2D eigenvalue weighted by Crippen LogP contribution is -2.19. The van der Waals surface area contributed by atoms with E-state index in [1.165, 1.54) is 24.3 Å². The van der Waals surface area contributed by atoms with E-state index in [0.29, 0.717) is 18.5 Å². The average Bonchev–Trinajstić information content (AvgIpc) is 2.63. The number of aromatic hydroxyl groups is 4. The molecule has 0 saturated heterocycles. The van der Waals surface area contributed by atoms with Crippen LogP contribution in [0.4, 0.5) is 0 Å². The fraction of sp³-hybridized carbons (Fsp3) is 0.250. The molecule has 2 aromatic rings. The molecule has 1 heterocycles. The van der Waals surface area contributed by atoms with Crippen LogP contribution in [0, 0.1) is 0 Å². The summed E-state index contributed by atoms with van der Waals surface area (Å²) in [6.45, 7) is 2.33. The van der Waals surface area contributed by atoms with Crippen LogP contribution in [0.2, 0.25) is 0 Å². The summed E-state index contributed by atoms with van der Waals surface area (Å²) in [6.07, 6.45) is 2.25. The zero-order valence-electron chi connectivity index (χ0n) is 14.7. The fourth-order valence-electron chi connectivity index (χ4n) is 2.90. The van der Waals surface area contributed by atoms with Gasteiger partial charge in [-0.3, -0.25) is 0 Å². The van der Waals surface area contributed by atoms with Gasteiger partial charge in [0.1, 0.15) is 29.5 Å². The van der Waals surface area contributed by atoms with Gasteiger partial charge in [0, 0.05) is 17.7 Å². The van der Waals surface area contributed by atoms with Crippen LogP contribution in [-0.4, -0.2) is 33.3 Å². The molecule has 0 saturated carbocycles. The number of hydrogen-bond donors (Lipinski definition) is 4. The van der Waals surface area contributed by atoms with Crippen molar-refractivity contribution in [2.24, 2.45) is 0 Å². The molecule has 2 aromatic carbocycles. The summed E-state index contributed by atoms with van der Waals surface area (Å²) in [6, 6.07) is 6.48. The molecule has 0 amide bonds. The first-order valence-electron chi connectivity index (χ1n) is 8.54. The third-order valence-electron chi connectivity index (χ3n) is 4.26. The summed E-state index contributed by atoms with van der Waals surface area (Å²) >= 11 is 0. The molecule has 1 aliphatic heterocycles. The highest BCUT2D eigenvalue weighted by Crippen LogP contribution is 2.48. The van der Waals surface area contributed by atoms with Crippen molar-refractivity contribution >= 4 is 12.0 Å². The molecule has 27 heavy (non-hydrogen) atoms. The minimum absolute atomic E-state index is 0.106. The minimum Gasteiger partial charge on any atom is -0.508 e. The number of carbonyl (C=O) groups excluding carboxylic acids is 1. The number of phenolic OH excluding ortho intramolecular Hbond substituents is 4. The quantitative estimate of drug-likeness (QED) is 0.349. The number of ether oxygens (including phenoxy) is 2. The average molecular weight is 372 g/mol. The second-order valence-electron chi connectivity index (χ2n) is 6.19. The molecule has 0 bridgehead atoms. The number of aldehydes is 1. The Balaban J connectivity index is 2.16. The molecule has 3 rings (SSSR count). The Morgan fingerprint density at radius 2 is 1.85 bits per heavy atom. The Morgan fingerprint density at radius 3 is 2.52 bits per heavy atom. The van der Waals surface area contributed by atoms with E-state index in [9.17, 15) is 25.2 Å². The van der Waals surface area contributed by atoms with E-state index in [1.807, 2.05) is 6.92 Å². The Morgan fingerprint density at radius 1 is 1.07 bits per heavy atom. The zero-order valence-corrected chi connectivity index (χ0v) is 14.7. The van der Waals surface area contributed by atoms with E-state index < -0.39 is 5.92 Å². The van der Waals surface area contributed by atoms with Crippen molar-refractivity contribution in [1.29, 1.82) is 0 Å². The number of hydrogen-bond acceptors (Lipinski definition) is 7. The van der Waals surface area contributed by atoms with Gasteiger partial charge in [-0.05, 0) is 24.6 Å². The monoisotopic (exact) mass is 372 g/mol. The number of phenols is 4. The number of fused-ring (bicyclic) bond motifs is 1. The maximum atomic E-state index is 11.9. The molecule has 0 spiro atoms. The Hall–Kier alpha value is -3.35. The normalized spacial score (nSPS) is 15.8. The van der Waals surface area contributed by atoms with E-state index in [-0.39, 0.29) is 45.8 Å². The standard InChI is InChI=1S/C20H20O7/c1-2-3-6-26-20-13(10-21)18-16(25)8-12(22)9-17(18)27-19(20)11-4-5-14(23)15(24)7-11/h4-5,7-10,13,22-25H,2-3,6H2,1H3. The highest BCUT2D eigenvalue weighted by Gasteiger charge is 2.35. The minimum atomic E-state index is -0.947. The summed E-state index contributed by atoms with van der Waals surface area (Å²) < 4.78 is 11.6. The Labute approximate surface area is 155 Å². The van der Waals surface area contributed by atoms with Crippen molar-refractivity contribution < 1.29 is 34.7 Å². The SMILES string of the molecule is CCCCOC1=C(c2ccc(O)c(O)c2)Oc2cc(O)cc(O)c2C1C=O. The maximum Gasteiger partial charge on any atom is 0.173 e. The van der Waals surface area contributed by atoms with Crippen molar-refractivity contribution in [3.8, 4) is 28.7 Å². The van der Waals surface area contributed by atoms with Crippen LogP contribution < -0.4 is 4.74 Å². The van der Waals surface area contributed by atoms with Crippen molar-refractivity contribution in [1.82, 2.24) is 0 Å². The fourth-order valence-corrected chi connectivity index (χ4v) is 2.90. The van der Waals surface area contributed by atoms with Crippen molar-refractivity contribution in [2.45, 2.75) is 25.7 Å². The van der Waals surface area contributed by atoms with Gasteiger partial charge in [-0.15, -0.1) is 0 Å². The smallest absolute Gasteiger partial charge is 0.173 e. The summed E-state index contributed by atoms with van der Waals surface area (Å²) in [5, 5.41) is 39.3. The van der Waals surface area contributed by atoms with Gasteiger partial charge in [-0.1, -0.05) is 13.3 Å². The van der Waals surface area contributed by atoms with Crippen LogP contribution in [0.15, 0.2) is 36.1 Å². The van der Waals surface area contributed by atoms with E-state index in [1.54, 1.807) is 0 Å². The molecule has 0 radical (unpaired) electrons. The van der Waals surface area contributed by atoms with Gasteiger partial charge < -0.3 is 34.7 Å². The largest absolute Gasteiger partial charge is 0.508 e. The predicted octanol–water partition coefficient (Wildman–Crippen LogP) is 3.37. The Kier molecular flexibility index (Phi) is 5.12. The van der Waals surface area contributed by atoms with Crippen LogP contribution in [0.5, 0.6) is 28.7 Å². The number of unbranched alkanes of at least 4 members (excludes halogenated alkanes) is 1. The third kappa shape index (κ3) is 3.48. The highest BCUT2D eigenvalue weighted by atomic mass is 16.5. The number of benzene rings is 2. The zero-order chi connectivity index (χ0) is 19.6. The topological polar surface area (TPSA) is 116 Å². The molecule has 1 unspecified atom stereocenters. The van der Waals surface area contributed by atoms with Crippen LogP contribution in [0.25, 0.3) is 5.76 Å². The second-order valence-corrected chi connectivity index (χ2v) is 6.19. The van der Waals surface area contributed by atoms with Gasteiger partial charge >= 0.3 is 0 Å². The van der Waals surface area contributed by atoms with Crippen molar-refractivity contribution in [3.05, 3.63) is 47.2 Å². The highest BCUT2D eigenvalue weighted by molar-refractivity contribution is 5.81. The summed E-state index contributed by atoms with van der Waals surface area (Å²) in [5.74, 6) is -1.65. The summed E-state index contributed by atoms with van der Waals surface area (Å²) in [5.41, 5.74) is 0.568. The lowest BCUT2D eigenvalue weighted by molar-refractivity contribution is -0.109. The molecule has 0 aliphatic carbocycles. The maximum absolute atomic E-state index is 11.9. The molecular formula is C20H20O7. The van der Waals surface area contributed by atoms with Crippen LogP contribution >= 0.6 is 0 Å². The van der Waals surface area contributed by atoms with E-state index in [0.717, 1.165) is 18.9 Å². The molecule has 1 atom stereocenters. The summed E-state index contributed by atoms with van der Waals surface area (Å²) in [7, 11) is 0. The number of allylic oxidation sites excluding steroid dienone is 1. The predicted molar refractivity (Wildman–Crippen MR) is 96.8 cm³/mol. The van der Waals surface area contributed by atoms with E-state index in [2.05, 4.69) is 0 Å². The van der Waals surface area contributed by atoms with Gasteiger partial charge in [0.15, 0.2) is 23.0 Å². The van der Waals surface area contributed by atoms with Gasteiger partial charge in [0.25, 0.3) is 0 Å². The van der Waals surface area contributed by atoms with Crippen LogP contribution in [0.3, 0.4) is 0 Å². The molecule has 7 nitrogen and oxygen atoms in total. The van der Waals surface area contributed by atoms with Crippen molar-refractivity contribution in [3.63, 3.8) is 0 Å². The van der Waals surface area contributed by atoms with Gasteiger partial charge in [0.2, 0.25) is 0 Å². The van der Waals surface area contributed by atoms with E-state index in [4.69, 9.17) is 9.47 Å². The molecular weight excluding hydrogens is 352 g/mol. The molecule has 142 valence electrons. The van der Waals surface area contributed by atoms with Gasteiger partial charge in [-0.2, -0.15) is 0 Å². The van der Waals surface area contributed by atoms with Crippen LogP contribution in [-0.2, 0) is 9.53 Å². The van der Waals surface area contributed by atoms with Gasteiger partial charge in [0.05, 0.1) is 12.2 Å². The van der Waals surface area contributed by atoms with Gasteiger partial charge in [-0.25, -0.2) is 0 Å². The second kappa shape index (κ2) is 7.49. The van der Waals surface area contributed by atoms with Crippen molar-refractivity contribution in [2.75, 3.05) is 6.61 Å². The molecule has 0 aromatic heterocycles. The molecule has 1 aliphatic rings.